The van der Waals surface area contributed by atoms with E-state index in [0.29, 0.717) is 6.42 Å². The van der Waals surface area contributed by atoms with Crippen LogP contribution in [0.1, 0.15) is 37.7 Å². The lowest BCUT2D eigenvalue weighted by Gasteiger charge is -2.23. The van der Waals surface area contributed by atoms with Crippen molar-refractivity contribution in [1.29, 1.82) is 0 Å². The molecule has 0 aromatic heterocycles. The van der Waals surface area contributed by atoms with E-state index >= 15 is 0 Å². The summed E-state index contributed by atoms with van der Waals surface area (Å²) in [6.07, 6.45) is 6.03. The second kappa shape index (κ2) is 6.83. The predicted molar refractivity (Wildman–Crippen MR) is 79.4 cm³/mol. The van der Waals surface area contributed by atoms with Crippen molar-refractivity contribution in [3.05, 3.63) is 29.8 Å². The number of unbranched alkanes of at least 4 members (excludes halogenated alkanes) is 2. The molecule has 0 fully saturated rings. The van der Waals surface area contributed by atoms with Crippen LogP contribution in [-0.4, -0.2) is 18.2 Å². The molecule has 0 atom stereocenters. The quantitative estimate of drug-likeness (QED) is 0.637. The zero-order valence-electron chi connectivity index (χ0n) is 10.8. The van der Waals surface area contributed by atoms with E-state index in [2.05, 4.69) is 30.8 Å². The minimum absolute atomic E-state index is 0.283. The monoisotopic (exact) mass is 263 g/mol. The summed E-state index contributed by atoms with van der Waals surface area (Å²) in [5.41, 5.74) is 2.45. The normalized spacial score (nSPS) is 15.4. The third-order valence-corrected chi connectivity index (χ3v) is 3.78. The molecular formula is C15H21NOS. The van der Waals surface area contributed by atoms with Crippen LogP contribution in [0.3, 0.4) is 0 Å². The Morgan fingerprint density at radius 3 is 2.78 bits per heavy atom. The smallest absolute Gasteiger partial charge is 0.226 e. The number of carbonyl (C=O) groups is 1. The number of hydrogen-bond acceptors (Lipinski definition) is 2. The summed E-state index contributed by atoms with van der Waals surface area (Å²) in [6, 6.07) is 8.32. The van der Waals surface area contributed by atoms with Crippen molar-refractivity contribution in [2.24, 2.45) is 0 Å². The minimum Gasteiger partial charge on any atom is -0.312 e. The number of nitrogens with zero attached hydrogens (tertiary/aromatic N) is 1. The van der Waals surface area contributed by atoms with Gasteiger partial charge in [0, 0.05) is 18.7 Å². The van der Waals surface area contributed by atoms with Gasteiger partial charge in [0.25, 0.3) is 0 Å². The Hall–Kier alpha value is -0.960. The van der Waals surface area contributed by atoms with Crippen molar-refractivity contribution in [1.82, 2.24) is 0 Å². The van der Waals surface area contributed by atoms with Crippen LogP contribution in [0.5, 0.6) is 0 Å². The summed E-state index contributed by atoms with van der Waals surface area (Å²) in [5, 5.41) is 0. The summed E-state index contributed by atoms with van der Waals surface area (Å²) >= 11 is 4.22. The third kappa shape index (κ3) is 3.29. The van der Waals surface area contributed by atoms with Gasteiger partial charge in [-0.05, 0) is 43.1 Å². The van der Waals surface area contributed by atoms with Crippen LogP contribution in [0, 0.1) is 0 Å². The van der Waals surface area contributed by atoms with Crippen LogP contribution in [-0.2, 0) is 11.2 Å². The molecular weight excluding hydrogens is 242 g/mol. The van der Waals surface area contributed by atoms with E-state index in [-0.39, 0.29) is 5.91 Å². The van der Waals surface area contributed by atoms with Gasteiger partial charge >= 0.3 is 0 Å². The molecule has 1 aliphatic rings. The predicted octanol–water partition coefficient (Wildman–Crippen LogP) is 3.46. The Bertz CT molecular complexity index is 405. The number of para-hydroxylation sites is 1. The second-order valence-corrected chi connectivity index (χ2v) is 5.26. The fourth-order valence-corrected chi connectivity index (χ4v) is 2.71. The molecule has 18 heavy (non-hydrogen) atoms. The van der Waals surface area contributed by atoms with E-state index in [1.54, 1.807) is 0 Å². The second-order valence-electron chi connectivity index (χ2n) is 4.81. The van der Waals surface area contributed by atoms with E-state index in [0.717, 1.165) is 50.1 Å². The van der Waals surface area contributed by atoms with Crippen molar-refractivity contribution < 1.29 is 4.79 Å². The molecule has 98 valence electrons. The molecule has 1 heterocycles. The van der Waals surface area contributed by atoms with E-state index < -0.39 is 0 Å². The maximum Gasteiger partial charge on any atom is 0.226 e. The number of benzene rings is 1. The Labute approximate surface area is 115 Å². The van der Waals surface area contributed by atoms with Gasteiger partial charge in [-0.25, -0.2) is 0 Å². The van der Waals surface area contributed by atoms with Gasteiger partial charge in [-0.15, -0.1) is 0 Å². The molecule has 1 aromatic rings. The Kier molecular flexibility index (Phi) is 5.12. The van der Waals surface area contributed by atoms with Crippen LogP contribution in [0.15, 0.2) is 24.3 Å². The fourth-order valence-electron chi connectivity index (χ4n) is 2.49. The molecule has 1 aromatic carbocycles. The highest BCUT2D eigenvalue weighted by Gasteiger charge is 2.20. The largest absolute Gasteiger partial charge is 0.312 e. The fraction of sp³-hybridized carbons (Fsp3) is 0.533. The number of thiol groups is 1. The Morgan fingerprint density at radius 2 is 1.94 bits per heavy atom. The summed E-state index contributed by atoms with van der Waals surface area (Å²) in [4.78, 5) is 14.1. The first-order valence-corrected chi connectivity index (χ1v) is 7.45. The number of fused-ring (bicyclic) bond motifs is 1. The van der Waals surface area contributed by atoms with Crippen molar-refractivity contribution in [3.8, 4) is 0 Å². The average Bonchev–Trinajstić information content (AvgIpc) is 2.54. The van der Waals surface area contributed by atoms with Crippen LogP contribution in [0.4, 0.5) is 5.69 Å². The summed E-state index contributed by atoms with van der Waals surface area (Å²) in [5.74, 6) is 1.22. The first kappa shape index (κ1) is 13.5. The lowest BCUT2D eigenvalue weighted by atomic mass is 10.1. The maximum atomic E-state index is 12.2. The summed E-state index contributed by atoms with van der Waals surface area (Å²) < 4.78 is 0. The maximum absolute atomic E-state index is 12.2. The van der Waals surface area contributed by atoms with Crippen molar-refractivity contribution in [2.45, 2.75) is 38.5 Å². The van der Waals surface area contributed by atoms with Gasteiger partial charge < -0.3 is 4.90 Å². The number of aryl methyl sites for hydroxylation is 1. The van der Waals surface area contributed by atoms with Gasteiger partial charge in [0.2, 0.25) is 5.91 Å². The molecule has 2 nitrogen and oxygen atoms in total. The molecule has 2 rings (SSSR count). The van der Waals surface area contributed by atoms with Gasteiger partial charge in [0.15, 0.2) is 0 Å². The van der Waals surface area contributed by atoms with E-state index in [9.17, 15) is 4.79 Å². The number of hydrogen-bond donors (Lipinski definition) is 1. The molecule has 1 amide bonds. The molecule has 0 N–H and O–H groups in total. The van der Waals surface area contributed by atoms with Crippen molar-refractivity contribution in [2.75, 3.05) is 17.2 Å². The van der Waals surface area contributed by atoms with E-state index in [4.69, 9.17) is 0 Å². The summed E-state index contributed by atoms with van der Waals surface area (Å²) in [6.45, 7) is 0.851. The number of anilines is 1. The number of amides is 1. The van der Waals surface area contributed by atoms with E-state index in [1.165, 1.54) is 5.56 Å². The van der Waals surface area contributed by atoms with Gasteiger partial charge in [-0.1, -0.05) is 24.6 Å². The third-order valence-electron chi connectivity index (χ3n) is 3.46. The topological polar surface area (TPSA) is 20.3 Å². The standard InChI is InChI=1S/C15H21NOS/c17-15-10-6-8-13-7-2-3-9-14(13)16(15)11-4-1-5-12-18/h2-3,7,9,18H,1,4-6,8,10-12H2. The zero-order chi connectivity index (χ0) is 12.8. The molecule has 0 aliphatic carbocycles. The van der Waals surface area contributed by atoms with Crippen LogP contribution in [0.25, 0.3) is 0 Å². The SMILES string of the molecule is O=C1CCCc2ccccc2N1CCCCCS. The first-order chi connectivity index (χ1) is 8.83. The molecule has 0 radical (unpaired) electrons. The van der Waals surface area contributed by atoms with Gasteiger partial charge in [0.1, 0.15) is 0 Å². The van der Waals surface area contributed by atoms with Gasteiger partial charge in [-0.2, -0.15) is 12.6 Å². The summed E-state index contributed by atoms with van der Waals surface area (Å²) in [7, 11) is 0. The molecule has 0 bridgehead atoms. The van der Waals surface area contributed by atoms with Crippen LogP contribution in [0.2, 0.25) is 0 Å². The average molecular weight is 263 g/mol. The zero-order valence-corrected chi connectivity index (χ0v) is 11.7. The lowest BCUT2D eigenvalue weighted by Crippen LogP contribution is -2.31. The van der Waals surface area contributed by atoms with Crippen molar-refractivity contribution in [3.63, 3.8) is 0 Å². The van der Waals surface area contributed by atoms with Gasteiger partial charge in [0.05, 0.1) is 0 Å². The molecule has 1 aliphatic heterocycles. The highest BCUT2D eigenvalue weighted by molar-refractivity contribution is 7.80. The molecule has 0 saturated heterocycles. The first-order valence-electron chi connectivity index (χ1n) is 6.82. The van der Waals surface area contributed by atoms with E-state index in [1.807, 2.05) is 11.0 Å². The van der Waals surface area contributed by atoms with Gasteiger partial charge in [-0.3, -0.25) is 4.79 Å². The highest BCUT2D eigenvalue weighted by atomic mass is 32.1. The Morgan fingerprint density at radius 1 is 1.11 bits per heavy atom. The highest BCUT2D eigenvalue weighted by Crippen LogP contribution is 2.27. The molecule has 0 saturated carbocycles. The molecule has 3 heteroatoms. The van der Waals surface area contributed by atoms with Crippen molar-refractivity contribution >= 4 is 24.2 Å². The van der Waals surface area contributed by atoms with Crippen LogP contribution < -0.4 is 4.90 Å². The number of carbonyl (C=O) groups excluding carboxylic acids is 1. The lowest BCUT2D eigenvalue weighted by molar-refractivity contribution is -0.118. The molecule has 0 spiro atoms. The van der Waals surface area contributed by atoms with Crippen LogP contribution >= 0.6 is 12.6 Å². The molecule has 0 unspecified atom stereocenters. The number of rotatable bonds is 5. The Balaban J connectivity index is 2.08. The minimum atomic E-state index is 0.283.